The number of benzene rings is 1. The van der Waals surface area contributed by atoms with Crippen LogP contribution in [0, 0.1) is 23.7 Å². The minimum atomic E-state index is -0.870. The molecule has 1 aromatic rings. The second-order valence-electron chi connectivity index (χ2n) is 16.0. The molecule has 12 nitrogen and oxygen atoms in total. The maximum atomic E-state index is 13.3. The normalized spacial score (nSPS) is 15.3. The summed E-state index contributed by atoms with van der Waals surface area (Å²) in [5, 5.41) is 25.3. The van der Waals surface area contributed by atoms with E-state index in [1.807, 2.05) is 92.0 Å². The third-order valence-electron chi connectivity index (χ3n) is 9.07. The number of alkyl carbamates (subject to hydrolysis) is 1. The lowest BCUT2D eigenvalue weighted by Gasteiger charge is -2.30. The summed E-state index contributed by atoms with van der Waals surface area (Å²) < 4.78 is 5.11. The average Bonchev–Trinajstić information content (AvgIpc) is 3.07. The topological polar surface area (TPSA) is 175 Å². The molecule has 0 aliphatic rings. The van der Waals surface area contributed by atoms with Crippen LogP contribution in [0.4, 0.5) is 4.79 Å². The Kier molecular flexibility index (Phi) is 24.9. The van der Waals surface area contributed by atoms with Crippen LogP contribution in [-0.2, 0) is 30.5 Å². The van der Waals surface area contributed by atoms with Gasteiger partial charge in [-0.15, -0.1) is 0 Å². The molecule has 0 fully saturated rings. The molecule has 0 aromatic heterocycles. The van der Waals surface area contributed by atoms with Gasteiger partial charge in [-0.2, -0.15) is 11.8 Å². The zero-order valence-electron chi connectivity index (χ0n) is 35.3. The van der Waals surface area contributed by atoms with Gasteiger partial charge in [0, 0.05) is 25.4 Å². The Morgan fingerprint density at radius 1 is 0.815 bits per heavy atom. The first-order valence-electron chi connectivity index (χ1n) is 19.5. The van der Waals surface area contributed by atoms with Crippen LogP contribution in [0.25, 0.3) is 0 Å². The fourth-order valence-electron chi connectivity index (χ4n) is 5.35. The third-order valence-corrected chi connectivity index (χ3v) is 9.71. The minimum Gasteiger partial charge on any atom is -0.444 e. The summed E-state index contributed by atoms with van der Waals surface area (Å²) in [7, 11) is 0. The highest BCUT2D eigenvalue weighted by atomic mass is 32.2. The van der Waals surface area contributed by atoms with Crippen molar-refractivity contribution >= 4 is 41.5 Å². The molecule has 310 valence electrons. The van der Waals surface area contributed by atoms with E-state index in [-0.39, 0.29) is 47.6 Å². The summed E-state index contributed by atoms with van der Waals surface area (Å²) in [4.78, 5) is 61.9. The fourth-order valence-corrected chi connectivity index (χ4v) is 5.82. The van der Waals surface area contributed by atoms with Crippen LogP contribution in [0.15, 0.2) is 30.3 Å². The van der Waals surface area contributed by atoms with Gasteiger partial charge in [0.05, 0.1) is 12.1 Å². The number of aliphatic hydroxyl groups excluding tert-OH is 1. The van der Waals surface area contributed by atoms with Crippen molar-refractivity contribution in [2.45, 2.75) is 158 Å². The molecule has 0 heterocycles. The van der Waals surface area contributed by atoms with E-state index < -0.39 is 35.7 Å². The number of thioether (sulfide) groups is 1. The number of hydrogen-bond acceptors (Lipinski definition) is 8. The lowest BCUT2D eigenvalue weighted by molar-refractivity contribution is -0.132. The lowest BCUT2D eigenvalue weighted by atomic mass is 9.84. The molecule has 0 saturated heterocycles. The van der Waals surface area contributed by atoms with Crippen molar-refractivity contribution in [3.8, 4) is 0 Å². The molecular weight excluding hydrogens is 707 g/mol. The van der Waals surface area contributed by atoms with Crippen LogP contribution in [0.3, 0.4) is 0 Å². The number of nitrogens with one attached hydrogen (secondary N) is 5. The van der Waals surface area contributed by atoms with Crippen LogP contribution in [0.5, 0.6) is 0 Å². The van der Waals surface area contributed by atoms with Crippen LogP contribution >= 0.6 is 11.8 Å². The highest BCUT2D eigenvalue weighted by molar-refractivity contribution is 7.98. The van der Waals surface area contributed by atoms with Crippen LogP contribution in [0.1, 0.15) is 121 Å². The van der Waals surface area contributed by atoms with Crippen LogP contribution in [0.2, 0.25) is 0 Å². The van der Waals surface area contributed by atoms with Crippen molar-refractivity contribution in [3.63, 3.8) is 0 Å². The fraction of sp³-hybridized carbons (Fsp3) is 0.732. The number of hydrogen-bond donors (Lipinski definition) is 6. The largest absolute Gasteiger partial charge is 0.444 e. The SMILES string of the molecule is CC(C)[C@@H](C)NC(=O)OC(C)(C)C.CCC(C)C(CC[C@H](O)[C@H](CC(C)C)NC(=O)[C@H](CCSC)NC(C)=O)C(=O)N[C@@H](C)C(=O)NCc1ccccc1. The predicted molar refractivity (Wildman–Crippen MR) is 220 cm³/mol. The molecule has 1 aromatic carbocycles. The summed E-state index contributed by atoms with van der Waals surface area (Å²) in [6.45, 7) is 23.1. The molecule has 2 unspecified atom stereocenters. The van der Waals surface area contributed by atoms with Gasteiger partial charge in [0.15, 0.2) is 0 Å². The molecule has 54 heavy (non-hydrogen) atoms. The Morgan fingerprint density at radius 2 is 1.43 bits per heavy atom. The lowest BCUT2D eigenvalue weighted by Crippen LogP contribution is -2.53. The first-order valence-corrected chi connectivity index (χ1v) is 20.9. The summed E-state index contributed by atoms with van der Waals surface area (Å²) in [5.74, 6) is -0.0932. The summed E-state index contributed by atoms with van der Waals surface area (Å²) >= 11 is 1.59. The Bertz CT molecular complexity index is 1260. The van der Waals surface area contributed by atoms with Gasteiger partial charge in [0.1, 0.15) is 17.7 Å². The van der Waals surface area contributed by atoms with Gasteiger partial charge in [-0.1, -0.05) is 78.3 Å². The molecule has 0 spiro atoms. The van der Waals surface area contributed by atoms with Crippen molar-refractivity contribution < 1.29 is 33.8 Å². The second-order valence-corrected chi connectivity index (χ2v) is 17.0. The zero-order chi connectivity index (χ0) is 41.6. The summed E-state index contributed by atoms with van der Waals surface area (Å²) in [6, 6.07) is 7.82. The van der Waals surface area contributed by atoms with Gasteiger partial charge < -0.3 is 36.4 Å². The second kappa shape index (κ2) is 26.5. The molecule has 6 N–H and O–H groups in total. The van der Waals surface area contributed by atoms with E-state index in [2.05, 4.69) is 40.4 Å². The molecule has 0 bridgehead atoms. The quantitative estimate of drug-likeness (QED) is 0.0887. The first kappa shape index (κ1) is 50.7. The van der Waals surface area contributed by atoms with Crippen LogP contribution < -0.4 is 26.6 Å². The van der Waals surface area contributed by atoms with Gasteiger partial charge >= 0.3 is 6.09 Å². The van der Waals surface area contributed by atoms with E-state index in [1.165, 1.54) is 6.92 Å². The summed E-state index contributed by atoms with van der Waals surface area (Å²) in [6.07, 6.45) is 3.26. The minimum absolute atomic E-state index is 0.0376. The highest BCUT2D eigenvalue weighted by Gasteiger charge is 2.31. The van der Waals surface area contributed by atoms with Crippen molar-refractivity contribution in [2.75, 3.05) is 12.0 Å². The molecule has 0 saturated carbocycles. The van der Waals surface area contributed by atoms with Crippen molar-refractivity contribution in [1.29, 1.82) is 0 Å². The van der Waals surface area contributed by atoms with E-state index >= 15 is 0 Å². The van der Waals surface area contributed by atoms with Gasteiger partial charge in [0.25, 0.3) is 0 Å². The van der Waals surface area contributed by atoms with E-state index in [4.69, 9.17) is 4.74 Å². The number of carbonyl (C=O) groups is 5. The maximum Gasteiger partial charge on any atom is 0.407 e. The number of rotatable bonds is 21. The van der Waals surface area contributed by atoms with Gasteiger partial charge in [-0.25, -0.2) is 4.79 Å². The molecule has 7 atom stereocenters. The molecule has 1 rings (SSSR count). The predicted octanol–water partition coefficient (Wildman–Crippen LogP) is 5.96. The molecular formula is C41H73N5O7S. The van der Waals surface area contributed by atoms with E-state index in [0.29, 0.717) is 43.9 Å². The third kappa shape index (κ3) is 22.8. The highest BCUT2D eigenvalue weighted by Crippen LogP contribution is 2.24. The molecule has 13 heteroatoms. The average molecular weight is 780 g/mol. The van der Waals surface area contributed by atoms with Gasteiger partial charge in [-0.05, 0) is 95.6 Å². The Labute approximate surface area is 330 Å². The van der Waals surface area contributed by atoms with E-state index in [0.717, 1.165) is 12.0 Å². The number of carbonyl (C=O) groups excluding carboxylic acids is 5. The van der Waals surface area contributed by atoms with Crippen molar-refractivity contribution in [2.24, 2.45) is 23.7 Å². The van der Waals surface area contributed by atoms with Gasteiger partial charge in [-0.3, -0.25) is 19.2 Å². The zero-order valence-corrected chi connectivity index (χ0v) is 36.2. The Morgan fingerprint density at radius 3 is 1.93 bits per heavy atom. The van der Waals surface area contributed by atoms with Crippen molar-refractivity contribution in [1.82, 2.24) is 26.6 Å². The van der Waals surface area contributed by atoms with Gasteiger partial charge in [0.2, 0.25) is 23.6 Å². The summed E-state index contributed by atoms with van der Waals surface area (Å²) in [5.41, 5.74) is 0.558. The molecule has 0 aliphatic carbocycles. The number of ether oxygens (including phenoxy) is 1. The number of amides is 5. The molecule has 5 amide bonds. The van der Waals surface area contributed by atoms with E-state index in [1.54, 1.807) is 18.7 Å². The van der Waals surface area contributed by atoms with Crippen LogP contribution in [-0.4, -0.2) is 82.7 Å². The maximum absolute atomic E-state index is 13.3. The number of aliphatic hydroxyl groups is 1. The smallest absolute Gasteiger partial charge is 0.407 e. The Balaban J connectivity index is 0.00000183. The molecule has 0 radical (unpaired) electrons. The first-order chi connectivity index (χ1) is 25.1. The Hall–Kier alpha value is -3.32. The molecule has 0 aliphatic heterocycles. The monoisotopic (exact) mass is 780 g/mol. The van der Waals surface area contributed by atoms with E-state index in [9.17, 15) is 29.1 Å². The standard InChI is InChI=1S/C31H52N4O5S.C10H21NO2/c1-8-21(4)25(30(39)33-22(5)29(38)32-19-24-12-10-9-11-13-24)14-15-28(37)27(18-20(2)3)35-31(40)26(16-17-41-7)34-23(6)36;1-7(2)8(3)11-9(12)13-10(4,5)6/h9-13,20-22,25-28,37H,8,14-19H2,1-7H3,(H,32,38)(H,33,39)(H,34,36)(H,35,40);7-8H,1-6H3,(H,11,12)/t21?,22-,25?,26-,27-,28-;8-/m01/s1. The van der Waals surface area contributed by atoms with Crippen molar-refractivity contribution in [3.05, 3.63) is 35.9 Å².